The van der Waals surface area contributed by atoms with Crippen molar-refractivity contribution in [1.29, 1.82) is 0 Å². The van der Waals surface area contributed by atoms with E-state index in [0.29, 0.717) is 11.6 Å². The summed E-state index contributed by atoms with van der Waals surface area (Å²) in [6.45, 7) is 1.71. The Morgan fingerprint density at radius 3 is 2.94 bits per heavy atom. The molecule has 2 rings (SSSR count). The molecule has 0 saturated heterocycles. The Morgan fingerprint density at radius 1 is 1.65 bits per heavy atom. The molecular formula is C11H15N3O3. The maximum Gasteiger partial charge on any atom is 0.325 e. The first kappa shape index (κ1) is 11.6. The predicted octanol–water partition coefficient (Wildman–Crippen LogP) is 0.952. The molecule has 1 aliphatic carbocycles. The second kappa shape index (κ2) is 4.57. The maximum atomic E-state index is 11.8. The van der Waals surface area contributed by atoms with E-state index in [0.717, 1.165) is 12.8 Å². The van der Waals surface area contributed by atoms with E-state index in [1.807, 2.05) is 6.92 Å². The summed E-state index contributed by atoms with van der Waals surface area (Å²) in [5.74, 6) is -0.471. The third-order valence-electron chi connectivity index (χ3n) is 2.94. The fourth-order valence-corrected chi connectivity index (χ4v) is 1.72. The van der Waals surface area contributed by atoms with Gasteiger partial charge in [-0.2, -0.15) is 5.10 Å². The lowest BCUT2D eigenvalue weighted by Crippen LogP contribution is -2.21. The van der Waals surface area contributed by atoms with Crippen molar-refractivity contribution in [2.75, 3.05) is 5.32 Å². The highest BCUT2D eigenvalue weighted by Crippen LogP contribution is 2.36. The molecule has 0 bridgehead atoms. The summed E-state index contributed by atoms with van der Waals surface area (Å²) in [6, 6.07) is 0. The number of carboxylic acids is 1. The zero-order chi connectivity index (χ0) is 12.4. The number of carbonyl (C=O) groups is 2. The summed E-state index contributed by atoms with van der Waals surface area (Å²) in [5, 5.41) is 15.2. The van der Waals surface area contributed by atoms with Crippen molar-refractivity contribution in [2.24, 2.45) is 11.8 Å². The molecule has 2 N–H and O–H groups in total. The molecule has 0 aliphatic heterocycles. The summed E-state index contributed by atoms with van der Waals surface area (Å²) in [5.41, 5.74) is 0.545. The summed E-state index contributed by atoms with van der Waals surface area (Å²) < 4.78 is 1.28. The van der Waals surface area contributed by atoms with Crippen molar-refractivity contribution in [2.45, 2.75) is 26.3 Å². The molecule has 6 nitrogen and oxygen atoms in total. The number of anilines is 1. The number of aromatic nitrogens is 2. The van der Waals surface area contributed by atoms with E-state index in [9.17, 15) is 9.59 Å². The van der Waals surface area contributed by atoms with Gasteiger partial charge in [0.05, 0.1) is 11.9 Å². The number of nitrogens with zero attached hydrogens (tertiary/aromatic N) is 2. The van der Waals surface area contributed by atoms with Crippen LogP contribution in [-0.4, -0.2) is 26.8 Å². The van der Waals surface area contributed by atoms with Crippen molar-refractivity contribution >= 4 is 17.6 Å². The molecule has 1 saturated carbocycles. The van der Waals surface area contributed by atoms with Gasteiger partial charge in [-0.25, -0.2) is 0 Å². The fourth-order valence-electron chi connectivity index (χ4n) is 1.72. The van der Waals surface area contributed by atoms with Gasteiger partial charge in [0.25, 0.3) is 0 Å². The zero-order valence-corrected chi connectivity index (χ0v) is 9.59. The number of hydrogen-bond donors (Lipinski definition) is 2. The molecule has 6 heteroatoms. The third kappa shape index (κ3) is 3.05. The lowest BCUT2D eigenvalue weighted by atomic mass is 10.1. The maximum absolute atomic E-state index is 11.8. The number of rotatable bonds is 5. The van der Waals surface area contributed by atoms with Gasteiger partial charge in [0, 0.05) is 12.1 Å². The smallest absolute Gasteiger partial charge is 0.325 e. The van der Waals surface area contributed by atoms with Gasteiger partial charge >= 0.3 is 5.97 Å². The lowest BCUT2D eigenvalue weighted by Gasteiger charge is -2.08. The van der Waals surface area contributed by atoms with Crippen LogP contribution in [0.15, 0.2) is 12.4 Å². The number of amides is 1. The van der Waals surface area contributed by atoms with Crippen molar-refractivity contribution in [3.63, 3.8) is 0 Å². The van der Waals surface area contributed by atoms with Crippen molar-refractivity contribution in [3.8, 4) is 0 Å². The Labute approximate surface area is 98.6 Å². The minimum absolute atomic E-state index is 0.0119. The van der Waals surface area contributed by atoms with Crippen molar-refractivity contribution in [1.82, 2.24) is 9.78 Å². The molecular weight excluding hydrogens is 222 g/mol. The molecule has 0 radical (unpaired) electrons. The van der Waals surface area contributed by atoms with Crippen LogP contribution in [0.2, 0.25) is 0 Å². The summed E-state index contributed by atoms with van der Waals surface area (Å²) in [6.07, 6.45) is 5.21. The average Bonchev–Trinajstić information content (AvgIpc) is 3.01. The van der Waals surface area contributed by atoms with E-state index in [2.05, 4.69) is 10.4 Å². The number of nitrogens with one attached hydrogen (secondary N) is 1. The monoisotopic (exact) mass is 237 g/mol. The molecule has 1 aliphatic rings. The van der Waals surface area contributed by atoms with Crippen LogP contribution in [0.4, 0.5) is 5.69 Å². The zero-order valence-electron chi connectivity index (χ0n) is 9.59. The SMILES string of the molecule is CC(C(=O)Nc1cnn(CC(=O)O)c1)C1CC1. The van der Waals surface area contributed by atoms with Crippen LogP contribution in [0, 0.1) is 11.8 Å². The lowest BCUT2D eigenvalue weighted by molar-refractivity contribution is -0.137. The van der Waals surface area contributed by atoms with Gasteiger partial charge in [0.2, 0.25) is 5.91 Å². The van der Waals surface area contributed by atoms with E-state index in [4.69, 9.17) is 5.11 Å². The van der Waals surface area contributed by atoms with Gasteiger partial charge in [-0.15, -0.1) is 0 Å². The van der Waals surface area contributed by atoms with Crippen LogP contribution in [0.3, 0.4) is 0 Å². The standard InChI is InChI=1S/C11H15N3O3/c1-7(8-2-3-8)11(17)13-9-4-12-14(5-9)6-10(15)16/h4-5,7-8H,2-3,6H2,1H3,(H,13,17)(H,15,16). The first-order chi connectivity index (χ1) is 8.06. The Morgan fingerprint density at radius 2 is 2.35 bits per heavy atom. The molecule has 1 aromatic rings. The van der Waals surface area contributed by atoms with Gasteiger partial charge in [-0.05, 0) is 18.8 Å². The van der Waals surface area contributed by atoms with Gasteiger partial charge in [0.1, 0.15) is 6.54 Å². The molecule has 92 valence electrons. The van der Waals surface area contributed by atoms with Crippen LogP contribution in [0.5, 0.6) is 0 Å². The van der Waals surface area contributed by atoms with E-state index < -0.39 is 5.97 Å². The highest BCUT2D eigenvalue weighted by atomic mass is 16.4. The summed E-state index contributed by atoms with van der Waals surface area (Å²) in [7, 11) is 0. The van der Waals surface area contributed by atoms with Crippen LogP contribution in [0.1, 0.15) is 19.8 Å². The van der Waals surface area contributed by atoms with Crippen molar-refractivity contribution in [3.05, 3.63) is 12.4 Å². The van der Waals surface area contributed by atoms with Crippen LogP contribution < -0.4 is 5.32 Å². The third-order valence-corrected chi connectivity index (χ3v) is 2.94. The summed E-state index contributed by atoms with van der Waals surface area (Å²) >= 11 is 0. The Hall–Kier alpha value is -1.85. The second-order valence-electron chi connectivity index (χ2n) is 4.44. The average molecular weight is 237 g/mol. The number of aliphatic carboxylic acids is 1. The molecule has 1 atom stereocenters. The molecule has 1 aromatic heterocycles. The topological polar surface area (TPSA) is 84.2 Å². The Balaban J connectivity index is 1.91. The Kier molecular flexibility index (Phi) is 3.12. The number of carboxylic acid groups (broad SMARTS) is 1. The molecule has 0 spiro atoms. The second-order valence-corrected chi connectivity index (χ2v) is 4.44. The fraction of sp³-hybridized carbons (Fsp3) is 0.545. The molecule has 1 unspecified atom stereocenters. The molecule has 1 fully saturated rings. The normalized spacial score (nSPS) is 16.5. The molecule has 1 amide bonds. The molecule has 1 heterocycles. The predicted molar refractivity (Wildman–Crippen MR) is 60.4 cm³/mol. The molecule has 0 aromatic carbocycles. The molecule has 17 heavy (non-hydrogen) atoms. The van der Waals surface area contributed by atoms with Gasteiger partial charge < -0.3 is 10.4 Å². The van der Waals surface area contributed by atoms with E-state index in [-0.39, 0.29) is 18.4 Å². The van der Waals surface area contributed by atoms with E-state index in [1.54, 1.807) is 0 Å². The first-order valence-electron chi connectivity index (χ1n) is 5.61. The minimum Gasteiger partial charge on any atom is -0.480 e. The van der Waals surface area contributed by atoms with E-state index >= 15 is 0 Å². The summed E-state index contributed by atoms with van der Waals surface area (Å²) in [4.78, 5) is 22.2. The Bertz CT molecular complexity index is 437. The largest absolute Gasteiger partial charge is 0.480 e. The van der Waals surface area contributed by atoms with Gasteiger partial charge in [-0.3, -0.25) is 14.3 Å². The highest BCUT2D eigenvalue weighted by molar-refractivity contribution is 5.92. The number of hydrogen-bond acceptors (Lipinski definition) is 3. The quantitative estimate of drug-likeness (QED) is 0.798. The van der Waals surface area contributed by atoms with E-state index in [1.165, 1.54) is 17.1 Å². The van der Waals surface area contributed by atoms with Crippen molar-refractivity contribution < 1.29 is 14.7 Å². The van der Waals surface area contributed by atoms with Crippen LogP contribution in [0.25, 0.3) is 0 Å². The van der Waals surface area contributed by atoms with Crippen LogP contribution in [-0.2, 0) is 16.1 Å². The highest BCUT2D eigenvalue weighted by Gasteiger charge is 2.32. The van der Waals surface area contributed by atoms with Gasteiger partial charge in [-0.1, -0.05) is 6.92 Å². The van der Waals surface area contributed by atoms with Crippen LogP contribution >= 0.6 is 0 Å². The first-order valence-corrected chi connectivity index (χ1v) is 5.61. The minimum atomic E-state index is -0.961. The van der Waals surface area contributed by atoms with Gasteiger partial charge in [0.15, 0.2) is 0 Å². The number of carbonyl (C=O) groups excluding carboxylic acids is 1.